The van der Waals surface area contributed by atoms with Crippen LogP contribution in [0.4, 0.5) is 5.13 Å². The molecule has 3 aromatic rings. The minimum Gasteiger partial charge on any atom is -0.507 e. The van der Waals surface area contributed by atoms with Gasteiger partial charge < -0.3 is 19.3 Å². The third-order valence-corrected chi connectivity index (χ3v) is 7.28. The van der Waals surface area contributed by atoms with Crippen molar-refractivity contribution in [1.82, 2.24) is 4.98 Å². The number of carbonyl (C=O) groups is 3. The first-order valence-corrected chi connectivity index (χ1v) is 12.8. The molecule has 0 radical (unpaired) electrons. The molecular weight excluding hydrogens is 508 g/mol. The maximum atomic E-state index is 13.4. The number of methoxy groups -OCH3 is 2. The number of aliphatic hydroxyl groups excluding tert-OH is 1. The second kappa shape index (κ2) is 11.1. The van der Waals surface area contributed by atoms with Crippen molar-refractivity contribution in [3.8, 4) is 11.5 Å². The highest BCUT2D eigenvalue weighted by molar-refractivity contribution is 7.17. The number of benzene rings is 2. The number of aliphatic hydroxyl groups is 1. The Morgan fingerprint density at radius 3 is 2.42 bits per heavy atom. The van der Waals surface area contributed by atoms with Gasteiger partial charge in [-0.05, 0) is 61.7 Å². The van der Waals surface area contributed by atoms with Crippen LogP contribution in [-0.2, 0) is 14.3 Å². The molecule has 1 fully saturated rings. The van der Waals surface area contributed by atoms with Crippen LogP contribution in [0.15, 0.2) is 48.0 Å². The normalized spacial score (nSPS) is 16.6. The van der Waals surface area contributed by atoms with Gasteiger partial charge in [-0.3, -0.25) is 14.5 Å². The number of rotatable bonds is 8. The summed E-state index contributed by atoms with van der Waals surface area (Å²) < 4.78 is 15.8. The summed E-state index contributed by atoms with van der Waals surface area (Å²) in [4.78, 5) is 44.9. The molecule has 2 heterocycles. The van der Waals surface area contributed by atoms with Crippen LogP contribution in [0, 0.1) is 13.8 Å². The molecule has 2 aromatic carbocycles. The second-order valence-corrected chi connectivity index (χ2v) is 9.65. The van der Waals surface area contributed by atoms with Crippen LogP contribution < -0.4 is 14.4 Å². The number of anilines is 1. The maximum absolute atomic E-state index is 13.4. The van der Waals surface area contributed by atoms with Crippen LogP contribution in [0.5, 0.6) is 11.5 Å². The molecular formula is C28H28N2O7S. The zero-order chi connectivity index (χ0) is 27.6. The molecule has 9 nitrogen and oxygen atoms in total. The van der Waals surface area contributed by atoms with E-state index in [0.29, 0.717) is 34.9 Å². The standard InChI is InChI=1S/C28H28N2O7S/c1-6-13-37-20-12-9-18(14-15(20)2)23(31)21-22(17-7-10-19(35-4)11-8-17)30(26(33)24(21)32)28-29-16(3)25(38-28)27(34)36-5/h7-12,14,22,31H,6,13H2,1-5H3. The number of thiazole rings is 1. The lowest BCUT2D eigenvalue weighted by molar-refractivity contribution is -0.132. The van der Waals surface area contributed by atoms with E-state index in [0.717, 1.165) is 23.3 Å². The van der Waals surface area contributed by atoms with Gasteiger partial charge in [0, 0.05) is 5.56 Å². The van der Waals surface area contributed by atoms with Crippen LogP contribution >= 0.6 is 11.3 Å². The number of ether oxygens (including phenoxy) is 3. The molecule has 38 heavy (non-hydrogen) atoms. The van der Waals surface area contributed by atoms with E-state index in [1.807, 2.05) is 13.8 Å². The highest BCUT2D eigenvalue weighted by atomic mass is 32.1. The van der Waals surface area contributed by atoms with Gasteiger partial charge in [0.15, 0.2) is 5.13 Å². The lowest BCUT2D eigenvalue weighted by Crippen LogP contribution is -2.29. The summed E-state index contributed by atoms with van der Waals surface area (Å²) in [7, 11) is 2.79. The molecule has 0 bridgehead atoms. The SMILES string of the molecule is CCCOc1ccc(C(O)=C2C(=O)C(=O)N(c3nc(C)c(C(=O)OC)s3)C2c2ccc(OC)cc2)cc1C. The fourth-order valence-corrected chi connectivity index (χ4v) is 5.24. The van der Waals surface area contributed by atoms with E-state index in [2.05, 4.69) is 4.98 Å². The Balaban J connectivity index is 1.88. The van der Waals surface area contributed by atoms with Gasteiger partial charge in [-0.2, -0.15) is 0 Å². The van der Waals surface area contributed by atoms with Crippen LogP contribution in [0.3, 0.4) is 0 Å². The number of hydrogen-bond acceptors (Lipinski definition) is 9. The second-order valence-electron chi connectivity index (χ2n) is 8.67. The summed E-state index contributed by atoms with van der Waals surface area (Å²) in [5.41, 5.74) is 1.97. The van der Waals surface area contributed by atoms with E-state index >= 15 is 0 Å². The van der Waals surface area contributed by atoms with Crippen molar-refractivity contribution >= 4 is 39.9 Å². The number of amides is 1. The summed E-state index contributed by atoms with van der Waals surface area (Å²) in [6, 6.07) is 10.9. The molecule has 1 amide bonds. The molecule has 4 rings (SSSR count). The van der Waals surface area contributed by atoms with Crippen molar-refractivity contribution in [2.24, 2.45) is 0 Å². The number of esters is 1. The molecule has 1 aliphatic heterocycles. The van der Waals surface area contributed by atoms with E-state index in [9.17, 15) is 19.5 Å². The zero-order valence-electron chi connectivity index (χ0n) is 21.7. The van der Waals surface area contributed by atoms with Gasteiger partial charge in [0.2, 0.25) is 0 Å². The number of carbonyl (C=O) groups excluding carboxylic acids is 3. The zero-order valence-corrected chi connectivity index (χ0v) is 22.5. The van der Waals surface area contributed by atoms with Gasteiger partial charge in [-0.15, -0.1) is 0 Å². The van der Waals surface area contributed by atoms with E-state index < -0.39 is 23.7 Å². The quantitative estimate of drug-likeness (QED) is 0.186. The highest BCUT2D eigenvalue weighted by Crippen LogP contribution is 2.44. The molecule has 198 valence electrons. The molecule has 1 N–H and O–H groups in total. The highest BCUT2D eigenvalue weighted by Gasteiger charge is 2.48. The maximum Gasteiger partial charge on any atom is 0.350 e. The summed E-state index contributed by atoms with van der Waals surface area (Å²) in [5, 5.41) is 11.5. The molecule has 1 atom stereocenters. The summed E-state index contributed by atoms with van der Waals surface area (Å²) in [6.45, 7) is 6.02. The largest absolute Gasteiger partial charge is 0.507 e. The van der Waals surface area contributed by atoms with Gasteiger partial charge in [0.25, 0.3) is 5.78 Å². The van der Waals surface area contributed by atoms with Crippen molar-refractivity contribution in [2.75, 3.05) is 25.7 Å². The molecule has 1 unspecified atom stereocenters. The van der Waals surface area contributed by atoms with Gasteiger partial charge in [0.1, 0.15) is 22.1 Å². The Kier molecular flexibility index (Phi) is 7.82. The minimum absolute atomic E-state index is 0.0886. The molecule has 1 saturated heterocycles. The van der Waals surface area contributed by atoms with Crippen molar-refractivity contribution in [1.29, 1.82) is 0 Å². The molecule has 0 spiro atoms. The lowest BCUT2D eigenvalue weighted by Gasteiger charge is -2.23. The first-order chi connectivity index (χ1) is 18.2. The summed E-state index contributed by atoms with van der Waals surface area (Å²) in [5.74, 6) is -1.38. The number of Topliss-reactive ketones (excluding diaryl/α,β-unsaturated/α-hetero) is 1. The number of aromatic nitrogens is 1. The average Bonchev–Trinajstić information content (AvgIpc) is 3.43. The van der Waals surface area contributed by atoms with Crippen LogP contribution in [0.25, 0.3) is 5.76 Å². The molecule has 1 aromatic heterocycles. The van der Waals surface area contributed by atoms with E-state index in [1.54, 1.807) is 49.4 Å². The van der Waals surface area contributed by atoms with E-state index in [4.69, 9.17) is 14.2 Å². The summed E-state index contributed by atoms with van der Waals surface area (Å²) >= 11 is 0.945. The van der Waals surface area contributed by atoms with Crippen molar-refractivity contribution < 1.29 is 33.7 Å². The number of nitrogens with zero attached hydrogens (tertiary/aromatic N) is 2. The smallest absolute Gasteiger partial charge is 0.350 e. The van der Waals surface area contributed by atoms with E-state index in [1.165, 1.54) is 19.1 Å². The predicted octanol–water partition coefficient (Wildman–Crippen LogP) is 4.97. The Bertz CT molecular complexity index is 1430. The summed E-state index contributed by atoms with van der Waals surface area (Å²) in [6.07, 6.45) is 0.848. The number of aryl methyl sites for hydroxylation is 2. The van der Waals surface area contributed by atoms with Crippen molar-refractivity contribution in [2.45, 2.75) is 33.2 Å². The van der Waals surface area contributed by atoms with Crippen LogP contribution in [-0.4, -0.2) is 48.6 Å². The Labute approximate surface area is 224 Å². The number of hydrogen-bond donors (Lipinski definition) is 1. The first kappa shape index (κ1) is 26.9. The van der Waals surface area contributed by atoms with E-state index in [-0.39, 0.29) is 21.3 Å². The lowest BCUT2D eigenvalue weighted by atomic mass is 9.95. The predicted molar refractivity (Wildman–Crippen MR) is 143 cm³/mol. The van der Waals surface area contributed by atoms with Gasteiger partial charge in [0.05, 0.1) is 38.1 Å². The first-order valence-electron chi connectivity index (χ1n) is 12.0. The molecule has 1 aliphatic rings. The van der Waals surface area contributed by atoms with Crippen molar-refractivity contribution in [3.63, 3.8) is 0 Å². The Morgan fingerprint density at radius 1 is 1.11 bits per heavy atom. The third kappa shape index (κ3) is 4.87. The molecule has 0 saturated carbocycles. The molecule has 10 heteroatoms. The van der Waals surface area contributed by atoms with Gasteiger partial charge >= 0.3 is 11.9 Å². The van der Waals surface area contributed by atoms with Crippen LogP contribution in [0.1, 0.15) is 51.4 Å². The monoisotopic (exact) mass is 536 g/mol. The Morgan fingerprint density at radius 2 is 1.82 bits per heavy atom. The van der Waals surface area contributed by atoms with Crippen molar-refractivity contribution in [3.05, 3.63) is 75.3 Å². The Hall–Kier alpha value is -4.18. The van der Waals surface area contributed by atoms with Gasteiger partial charge in [-0.1, -0.05) is 30.4 Å². The number of ketones is 1. The topological polar surface area (TPSA) is 115 Å². The van der Waals surface area contributed by atoms with Crippen LogP contribution in [0.2, 0.25) is 0 Å². The fraction of sp³-hybridized carbons (Fsp3) is 0.286. The third-order valence-electron chi connectivity index (χ3n) is 6.15. The average molecular weight is 537 g/mol. The fourth-order valence-electron chi connectivity index (χ4n) is 4.22. The molecule has 0 aliphatic carbocycles. The minimum atomic E-state index is -0.992. The van der Waals surface area contributed by atoms with Gasteiger partial charge in [-0.25, -0.2) is 9.78 Å².